The Balaban J connectivity index is 1.88. The Hall–Kier alpha value is -2.36. The standard InChI is InChI=1S/C17H21N3O/c1-17(2,3)14-4-6-15(7-5-14)20-16(21)19-12-13-8-10-18-11-9-13/h4-11H,12H2,1-3H3,(H2,19,20,21). The fourth-order valence-electron chi connectivity index (χ4n) is 1.91. The topological polar surface area (TPSA) is 54.0 Å². The average molecular weight is 283 g/mol. The number of amides is 2. The number of nitrogens with one attached hydrogen (secondary N) is 2. The van der Waals surface area contributed by atoms with Gasteiger partial charge in [-0.2, -0.15) is 0 Å². The van der Waals surface area contributed by atoms with Gasteiger partial charge in [-0.3, -0.25) is 4.98 Å². The number of carbonyl (C=O) groups excluding carboxylic acids is 1. The van der Waals surface area contributed by atoms with Crippen LogP contribution in [0.2, 0.25) is 0 Å². The number of nitrogens with zero attached hydrogens (tertiary/aromatic N) is 1. The van der Waals surface area contributed by atoms with Crippen molar-refractivity contribution in [1.29, 1.82) is 0 Å². The van der Waals surface area contributed by atoms with Crippen LogP contribution in [0.4, 0.5) is 10.5 Å². The Morgan fingerprint density at radius 1 is 1.05 bits per heavy atom. The van der Waals surface area contributed by atoms with Crippen LogP contribution in [-0.2, 0) is 12.0 Å². The van der Waals surface area contributed by atoms with Gasteiger partial charge in [0.15, 0.2) is 0 Å². The van der Waals surface area contributed by atoms with E-state index in [0.29, 0.717) is 6.54 Å². The lowest BCUT2D eigenvalue weighted by atomic mass is 9.87. The lowest BCUT2D eigenvalue weighted by Crippen LogP contribution is -2.28. The van der Waals surface area contributed by atoms with Crippen molar-refractivity contribution >= 4 is 11.7 Å². The number of rotatable bonds is 3. The lowest BCUT2D eigenvalue weighted by Gasteiger charge is -2.19. The van der Waals surface area contributed by atoms with Crippen molar-refractivity contribution in [3.8, 4) is 0 Å². The zero-order valence-corrected chi connectivity index (χ0v) is 12.7. The molecule has 1 heterocycles. The first-order chi connectivity index (χ1) is 9.95. The van der Waals surface area contributed by atoms with Crippen molar-refractivity contribution in [3.05, 3.63) is 59.9 Å². The summed E-state index contributed by atoms with van der Waals surface area (Å²) >= 11 is 0. The number of aromatic nitrogens is 1. The zero-order valence-electron chi connectivity index (χ0n) is 12.7. The van der Waals surface area contributed by atoms with Crippen molar-refractivity contribution < 1.29 is 4.79 Å². The summed E-state index contributed by atoms with van der Waals surface area (Å²) in [6, 6.07) is 11.5. The number of benzene rings is 1. The van der Waals surface area contributed by atoms with Crippen LogP contribution in [0.25, 0.3) is 0 Å². The van der Waals surface area contributed by atoms with Crippen LogP contribution in [0.3, 0.4) is 0 Å². The fourth-order valence-corrected chi connectivity index (χ4v) is 1.91. The van der Waals surface area contributed by atoms with E-state index >= 15 is 0 Å². The maximum absolute atomic E-state index is 11.8. The molecule has 2 N–H and O–H groups in total. The summed E-state index contributed by atoms with van der Waals surface area (Å²) in [6.45, 7) is 6.97. The molecule has 0 aliphatic rings. The van der Waals surface area contributed by atoms with Gasteiger partial charge in [-0.15, -0.1) is 0 Å². The van der Waals surface area contributed by atoms with Gasteiger partial charge in [0.2, 0.25) is 0 Å². The SMILES string of the molecule is CC(C)(C)c1ccc(NC(=O)NCc2ccncc2)cc1. The largest absolute Gasteiger partial charge is 0.334 e. The van der Waals surface area contributed by atoms with Crippen LogP contribution in [0.1, 0.15) is 31.9 Å². The molecule has 1 aromatic heterocycles. The zero-order chi connectivity index (χ0) is 15.3. The van der Waals surface area contributed by atoms with E-state index in [1.165, 1.54) is 5.56 Å². The van der Waals surface area contributed by atoms with Gasteiger partial charge < -0.3 is 10.6 Å². The molecule has 0 spiro atoms. The number of urea groups is 1. The molecule has 21 heavy (non-hydrogen) atoms. The van der Waals surface area contributed by atoms with Gasteiger partial charge in [-0.05, 0) is 40.8 Å². The third kappa shape index (κ3) is 4.60. The van der Waals surface area contributed by atoms with E-state index < -0.39 is 0 Å². The second-order valence-corrected chi connectivity index (χ2v) is 5.99. The molecule has 0 bridgehead atoms. The molecular weight excluding hydrogens is 262 g/mol. The molecule has 110 valence electrons. The molecule has 1 aromatic carbocycles. The molecular formula is C17H21N3O. The minimum atomic E-state index is -0.213. The first-order valence-corrected chi connectivity index (χ1v) is 6.99. The highest BCUT2D eigenvalue weighted by atomic mass is 16.2. The molecule has 0 aliphatic heterocycles. The van der Waals surface area contributed by atoms with Gasteiger partial charge in [-0.25, -0.2) is 4.79 Å². The summed E-state index contributed by atoms with van der Waals surface area (Å²) in [7, 11) is 0. The van der Waals surface area contributed by atoms with Crippen LogP contribution >= 0.6 is 0 Å². The number of anilines is 1. The molecule has 0 saturated heterocycles. The van der Waals surface area contributed by atoms with Crippen molar-refractivity contribution in [2.24, 2.45) is 0 Å². The fraction of sp³-hybridized carbons (Fsp3) is 0.294. The van der Waals surface area contributed by atoms with E-state index in [1.54, 1.807) is 12.4 Å². The third-order valence-corrected chi connectivity index (χ3v) is 3.21. The maximum atomic E-state index is 11.8. The molecule has 0 radical (unpaired) electrons. The summed E-state index contributed by atoms with van der Waals surface area (Å²) in [5.41, 5.74) is 3.16. The first-order valence-electron chi connectivity index (χ1n) is 6.99. The van der Waals surface area contributed by atoms with Crippen LogP contribution in [0.15, 0.2) is 48.8 Å². The maximum Gasteiger partial charge on any atom is 0.319 e. The highest BCUT2D eigenvalue weighted by Crippen LogP contribution is 2.23. The Bertz CT molecular complexity index is 586. The predicted molar refractivity (Wildman–Crippen MR) is 85.2 cm³/mol. The van der Waals surface area contributed by atoms with Crippen LogP contribution < -0.4 is 10.6 Å². The van der Waals surface area contributed by atoms with E-state index in [0.717, 1.165) is 11.3 Å². The van der Waals surface area contributed by atoms with E-state index in [1.807, 2.05) is 36.4 Å². The number of hydrogen-bond donors (Lipinski definition) is 2. The van der Waals surface area contributed by atoms with Gasteiger partial charge in [0.1, 0.15) is 0 Å². The third-order valence-electron chi connectivity index (χ3n) is 3.21. The molecule has 2 aromatic rings. The highest BCUT2D eigenvalue weighted by molar-refractivity contribution is 5.89. The minimum Gasteiger partial charge on any atom is -0.334 e. The summed E-state index contributed by atoms with van der Waals surface area (Å²) in [5.74, 6) is 0. The first kappa shape index (κ1) is 15.0. The van der Waals surface area contributed by atoms with Crippen LogP contribution in [0, 0.1) is 0 Å². The Morgan fingerprint density at radius 3 is 2.24 bits per heavy atom. The van der Waals surface area contributed by atoms with E-state index in [4.69, 9.17) is 0 Å². The quantitative estimate of drug-likeness (QED) is 0.902. The molecule has 0 atom stereocenters. The van der Waals surface area contributed by atoms with Crippen molar-refractivity contribution in [1.82, 2.24) is 10.3 Å². The van der Waals surface area contributed by atoms with Crippen molar-refractivity contribution in [2.75, 3.05) is 5.32 Å². The van der Waals surface area contributed by atoms with Gasteiger partial charge in [-0.1, -0.05) is 32.9 Å². The molecule has 0 unspecified atom stereocenters. The van der Waals surface area contributed by atoms with Crippen molar-refractivity contribution in [3.63, 3.8) is 0 Å². The van der Waals surface area contributed by atoms with E-state index in [2.05, 4.69) is 36.4 Å². The predicted octanol–water partition coefficient (Wildman–Crippen LogP) is 3.70. The van der Waals surface area contributed by atoms with Gasteiger partial charge in [0.25, 0.3) is 0 Å². The van der Waals surface area contributed by atoms with Gasteiger partial charge >= 0.3 is 6.03 Å². The van der Waals surface area contributed by atoms with E-state index in [-0.39, 0.29) is 11.4 Å². The number of carbonyl (C=O) groups is 1. The molecule has 0 fully saturated rings. The summed E-state index contributed by atoms with van der Waals surface area (Å²) in [6.07, 6.45) is 3.42. The molecule has 2 amide bonds. The Morgan fingerprint density at radius 2 is 1.67 bits per heavy atom. The Kier molecular flexibility index (Phi) is 4.58. The average Bonchev–Trinajstić information content (AvgIpc) is 2.46. The normalized spacial score (nSPS) is 11.0. The Labute approximate surface area is 125 Å². The summed E-state index contributed by atoms with van der Waals surface area (Å²) < 4.78 is 0. The van der Waals surface area contributed by atoms with E-state index in [9.17, 15) is 4.79 Å². The second kappa shape index (κ2) is 6.39. The molecule has 2 rings (SSSR count). The number of hydrogen-bond acceptors (Lipinski definition) is 2. The van der Waals surface area contributed by atoms with Crippen LogP contribution in [-0.4, -0.2) is 11.0 Å². The van der Waals surface area contributed by atoms with Gasteiger partial charge in [0, 0.05) is 24.6 Å². The smallest absolute Gasteiger partial charge is 0.319 e. The number of pyridine rings is 1. The molecule has 4 nitrogen and oxygen atoms in total. The monoisotopic (exact) mass is 283 g/mol. The molecule has 4 heteroatoms. The second-order valence-electron chi connectivity index (χ2n) is 5.99. The summed E-state index contributed by atoms with van der Waals surface area (Å²) in [4.78, 5) is 15.8. The summed E-state index contributed by atoms with van der Waals surface area (Å²) in [5, 5.41) is 5.64. The molecule has 0 saturated carbocycles. The van der Waals surface area contributed by atoms with Crippen LogP contribution in [0.5, 0.6) is 0 Å². The minimum absolute atomic E-state index is 0.113. The van der Waals surface area contributed by atoms with Gasteiger partial charge in [0.05, 0.1) is 0 Å². The lowest BCUT2D eigenvalue weighted by molar-refractivity contribution is 0.251. The molecule has 0 aliphatic carbocycles. The highest BCUT2D eigenvalue weighted by Gasteiger charge is 2.13. The van der Waals surface area contributed by atoms with Crippen molar-refractivity contribution in [2.45, 2.75) is 32.7 Å².